The summed E-state index contributed by atoms with van der Waals surface area (Å²) in [7, 11) is -3.13. The summed E-state index contributed by atoms with van der Waals surface area (Å²) >= 11 is 1.38. The summed E-state index contributed by atoms with van der Waals surface area (Å²) in [5.41, 5.74) is 1.38. The molecular weight excluding hydrogens is 415 g/mol. The maximum atomic E-state index is 13.1. The summed E-state index contributed by atoms with van der Waals surface area (Å²) in [4.78, 5) is 19.1. The van der Waals surface area contributed by atoms with Crippen LogP contribution in [0.15, 0.2) is 52.5 Å². The second-order valence-corrected chi connectivity index (χ2v) is 10.1. The van der Waals surface area contributed by atoms with Gasteiger partial charge in [0.05, 0.1) is 36.4 Å². The Bertz CT molecular complexity index is 1090. The molecule has 1 aliphatic heterocycles. The molecule has 1 saturated heterocycles. The van der Waals surface area contributed by atoms with Gasteiger partial charge in [0, 0.05) is 17.0 Å². The minimum atomic E-state index is -3.13. The molecule has 1 amide bonds. The Labute approximate surface area is 171 Å². The van der Waals surface area contributed by atoms with Gasteiger partial charge >= 0.3 is 0 Å². The monoisotopic (exact) mass is 434 g/mol. The standard InChI is InChI=1S/C20H19FN2O4S2/c21-15-5-3-14(4-6-15)20-22-16(12-28-20)10-19(24)23(11-18-2-1-8-27-18)17-7-9-29(25,26)13-17/h1-6,8,12,17H,7,9-11,13H2/t17-/m1/s1. The highest BCUT2D eigenvalue weighted by atomic mass is 32.2. The number of sulfone groups is 1. The zero-order valence-corrected chi connectivity index (χ0v) is 17.1. The van der Waals surface area contributed by atoms with Gasteiger partial charge in [-0.05, 0) is 42.8 Å². The number of benzene rings is 1. The van der Waals surface area contributed by atoms with E-state index in [0.717, 1.165) is 5.56 Å². The molecule has 152 valence electrons. The van der Waals surface area contributed by atoms with Gasteiger partial charge in [0.25, 0.3) is 0 Å². The lowest BCUT2D eigenvalue weighted by atomic mass is 10.2. The molecule has 1 aliphatic rings. The fourth-order valence-corrected chi connectivity index (χ4v) is 5.94. The number of nitrogens with zero attached hydrogens (tertiary/aromatic N) is 2. The molecule has 9 heteroatoms. The van der Waals surface area contributed by atoms with Gasteiger partial charge in [-0.2, -0.15) is 0 Å². The smallest absolute Gasteiger partial charge is 0.229 e. The van der Waals surface area contributed by atoms with Gasteiger partial charge in [-0.15, -0.1) is 11.3 Å². The van der Waals surface area contributed by atoms with Gasteiger partial charge in [0.15, 0.2) is 9.84 Å². The fraction of sp³-hybridized carbons (Fsp3) is 0.300. The first-order valence-electron chi connectivity index (χ1n) is 9.12. The highest BCUT2D eigenvalue weighted by Crippen LogP contribution is 2.26. The maximum Gasteiger partial charge on any atom is 0.229 e. The van der Waals surface area contributed by atoms with E-state index >= 15 is 0 Å². The molecule has 0 unspecified atom stereocenters. The van der Waals surface area contributed by atoms with E-state index in [2.05, 4.69) is 4.98 Å². The number of thiazole rings is 1. The Morgan fingerprint density at radius 2 is 2.07 bits per heavy atom. The third-order valence-electron chi connectivity index (χ3n) is 4.85. The minimum absolute atomic E-state index is 0.0304. The highest BCUT2D eigenvalue weighted by molar-refractivity contribution is 7.91. The summed E-state index contributed by atoms with van der Waals surface area (Å²) < 4.78 is 42.3. The van der Waals surface area contributed by atoms with Crippen LogP contribution in [0.3, 0.4) is 0 Å². The first kappa shape index (κ1) is 19.8. The molecule has 0 radical (unpaired) electrons. The quantitative estimate of drug-likeness (QED) is 0.595. The number of carbonyl (C=O) groups excluding carboxylic acids is 1. The van der Waals surface area contributed by atoms with E-state index in [9.17, 15) is 17.6 Å². The molecular formula is C20H19FN2O4S2. The van der Waals surface area contributed by atoms with Crippen molar-refractivity contribution in [1.82, 2.24) is 9.88 Å². The van der Waals surface area contributed by atoms with E-state index in [1.54, 1.807) is 34.5 Å². The number of rotatable bonds is 6. The summed E-state index contributed by atoms with van der Waals surface area (Å²) in [5.74, 6) is 0.149. The highest BCUT2D eigenvalue weighted by Gasteiger charge is 2.35. The van der Waals surface area contributed by atoms with Crippen LogP contribution in [0, 0.1) is 5.82 Å². The van der Waals surface area contributed by atoms with Crippen molar-refractivity contribution in [3.05, 3.63) is 65.3 Å². The van der Waals surface area contributed by atoms with Crippen LogP contribution in [0.25, 0.3) is 10.6 Å². The molecule has 1 fully saturated rings. The second kappa shape index (κ2) is 8.08. The van der Waals surface area contributed by atoms with Crippen molar-refractivity contribution in [3.63, 3.8) is 0 Å². The Morgan fingerprint density at radius 1 is 1.28 bits per heavy atom. The number of furan rings is 1. The van der Waals surface area contributed by atoms with Crippen molar-refractivity contribution in [1.29, 1.82) is 0 Å². The fourth-order valence-electron chi connectivity index (χ4n) is 3.38. The number of amides is 1. The molecule has 3 aromatic rings. The molecule has 2 aromatic heterocycles. The van der Waals surface area contributed by atoms with E-state index in [1.165, 1.54) is 29.7 Å². The molecule has 1 atom stereocenters. The SMILES string of the molecule is O=C(Cc1csc(-c2ccc(F)cc2)n1)N(Cc1ccco1)[C@@H]1CCS(=O)(=O)C1. The van der Waals surface area contributed by atoms with E-state index in [4.69, 9.17) is 4.42 Å². The number of hydrogen-bond donors (Lipinski definition) is 0. The van der Waals surface area contributed by atoms with Crippen molar-refractivity contribution in [2.45, 2.75) is 25.4 Å². The Balaban J connectivity index is 1.51. The van der Waals surface area contributed by atoms with Crippen LogP contribution < -0.4 is 0 Å². The lowest BCUT2D eigenvalue weighted by Gasteiger charge is -2.27. The zero-order chi connectivity index (χ0) is 20.4. The van der Waals surface area contributed by atoms with Gasteiger partial charge < -0.3 is 9.32 Å². The van der Waals surface area contributed by atoms with Crippen LogP contribution in [-0.4, -0.2) is 41.8 Å². The molecule has 29 heavy (non-hydrogen) atoms. The lowest BCUT2D eigenvalue weighted by Crippen LogP contribution is -2.41. The molecule has 0 aliphatic carbocycles. The molecule has 0 bridgehead atoms. The van der Waals surface area contributed by atoms with E-state index in [1.807, 2.05) is 0 Å². The molecule has 3 heterocycles. The molecule has 0 saturated carbocycles. The van der Waals surface area contributed by atoms with Crippen LogP contribution in [0.5, 0.6) is 0 Å². The lowest BCUT2D eigenvalue weighted by molar-refractivity contribution is -0.133. The molecule has 4 rings (SSSR count). The van der Waals surface area contributed by atoms with Crippen LogP contribution in [0.1, 0.15) is 17.9 Å². The number of carbonyl (C=O) groups is 1. The van der Waals surface area contributed by atoms with Crippen LogP contribution in [-0.2, 0) is 27.6 Å². The average Bonchev–Trinajstić information content (AvgIpc) is 3.42. The zero-order valence-electron chi connectivity index (χ0n) is 15.5. The van der Waals surface area contributed by atoms with Crippen molar-refractivity contribution in [2.75, 3.05) is 11.5 Å². The Morgan fingerprint density at radius 3 is 2.72 bits per heavy atom. The summed E-state index contributed by atoms with van der Waals surface area (Å²) in [5, 5.41) is 2.50. The second-order valence-electron chi connectivity index (χ2n) is 6.99. The van der Waals surface area contributed by atoms with Crippen molar-refractivity contribution in [2.24, 2.45) is 0 Å². The van der Waals surface area contributed by atoms with Crippen molar-refractivity contribution in [3.8, 4) is 10.6 Å². The van der Waals surface area contributed by atoms with Crippen LogP contribution in [0.4, 0.5) is 4.39 Å². The first-order chi connectivity index (χ1) is 13.9. The van der Waals surface area contributed by atoms with Crippen molar-refractivity contribution < 1.29 is 22.0 Å². The predicted molar refractivity (Wildman–Crippen MR) is 108 cm³/mol. The normalized spacial score (nSPS) is 18.0. The number of hydrogen-bond acceptors (Lipinski definition) is 6. The van der Waals surface area contributed by atoms with Gasteiger partial charge in [-0.3, -0.25) is 4.79 Å². The van der Waals surface area contributed by atoms with Gasteiger partial charge in [-0.25, -0.2) is 17.8 Å². The van der Waals surface area contributed by atoms with Gasteiger partial charge in [0.2, 0.25) is 5.91 Å². The van der Waals surface area contributed by atoms with E-state index in [0.29, 0.717) is 22.9 Å². The Hall–Kier alpha value is -2.52. The minimum Gasteiger partial charge on any atom is -0.467 e. The summed E-state index contributed by atoms with van der Waals surface area (Å²) in [6, 6.07) is 9.16. The van der Waals surface area contributed by atoms with Gasteiger partial charge in [0.1, 0.15) is 16.6 Å². The number of halogens is 1. The molecule has 6 nitrogen and oxygen atoms in total. The third-order valence-corrected chi connectivity index (χ3v) is 7.54. The molecule has 0 N–H and O–H groups in total. The average molecular weight is 435 g/mol. The van der Waals surface area contributed by atoms with Crippen molar-refractivity contribution >= 4 is 27.1 Å². The number of aromatic nitrogens is 1. The summed E-state index contributed by atoms with van der Waals surface area (Å²) in [6.07, 6.45) is 2.01. The first-order valence-corrected chi connectivity index (χ1v) is 11.8. The van der Waals surface area contributed by atoms with Crippen LogP contribution >= 0.6 is 11.3 Å². The molecule has 1 aromatic carbocycles. The topological polar surface area (TPSA) is 80.5 Å². The Kier molecular flexibility index (Phi) is 5.51. The third kappa shape index (κ3) is 4.73. The molecule has 0 spiro atoms. The predicted octanol–water partition coefficient (Wildman–Crippen LogP) is 3.30. The van der Waals surface area contributed by atoms with E-state index in [-0.39, 0.29) is 42.2 Å². The van der Waals surface area contributed by atoms with Gasteiger partial charge in [-0.1, -0.05) is 0 Å². The maximum absolute atomic E-state index is 13.1. The largest absolute Gasteiger partial charge is 0.467 e. The summed E-state index contributed by atoms with van der Waals surface area (Å²) in [6.45, 7) is 0.223. The van der Waals surface area contributed by atoms with E-state index < -0.39 is 9.84 Å². The van der Waals surface area contributed by atoms with Crippen LogP contribution in [0.2, 0.25) is 0 Å².